The van der Waals surface area contributed by atoms with E-state index in [1.807, 2.05) is 6.07 Å². The fraction of sp³-hybridized carbons (Fsp3) is 0.263. The Labute approximate surface area is 161 Å². The number of aromatic nitrogens is 1. The average molecular weight is 381 g/mol. The number of Topliss-reactive ketones (excluding diaryl/α,β-unsaturated/α-hetero) is 1. The second-order valence-corrected chi connectivity index (χ2v) is 6.33. The third kappa shape index (κ3) is 3.22. The number of nitro groups is 1. The third-order valence-electron chi connectivity index (χ3n) is 4.74. The molecular formula is C19H19N5O4. The second-order valence-electron chi connectivity index (χ2n) is 6.33. The lowest BCUT2D eigenvalue weighted by Gasteiger charge is -2.40. The molecule has 2 atom stereocenters. The van der Waals surface area contributed by atoms with E-state index >= 15 is 0 Å². The fourth-order valence-corrected chi connectivity index (χ4v) is 3.23. The van der Waals surface area contributed by atoms with Crippen molar-refractivity contribution in [3.63, 3.8) is 0 Å². The summed E-state index contributed by atoms with van der Waals surface area (Å²) in [5.74, 6) is -0.396. The highest BCUT2D eigenvalue weighted by atomic mass is 16.6. The number of hydrogen-bond acceptors (Lipinski definition) is 7. The van der Waals surface area contributed by atoms with Gasteiger partial charge in [0.15, 0.2) is 0 Å². The zero-order valence-corrected chi connectivity index (χ0v) is 15.4. The number of hydrazone groups is 1. The molecule has 3 rings (SSSR count). The Morgan fingerprint density at radius 1 is 1.29 bits per heavy atom. The molecule has 2 heterocycles. The molecule has 1 aliphatic heterocycles. The Hall–Kier alpha value is -3.62. The molecule has 2 aromatic rings. The van der Waals surface area contributed by atoms with Gasteiger partial charge in [-0.1, -0.05) is 30.3 Å². The zero-order chi connectivity index (χ0) is 20.3. The van der Waals surface area contributed by atoms with Crippen LogP contribution in [-0.2, 0) is 15.0 Å². The summed E-state index contributed by atoms with van der Waals surface area (Å²) in [4.78, 5) is 40.2. The second kappa shape index (κ2) is 7.55. The molecule has 1 amide bonds. The summed E-state index contributed by atoms with van der Waals surface area (Å²) in [6.45, 7) is 3.52. The van der Waals surface area contributed by atoms with Gasteiger partial charge in [0.05, 0.1) is 4.92 Å². The summed E-state index contributed by atoms with van der Waals surface area (Å²) in [5, 5.41) is 19.3. The van der Waals surface area contributed by atoms with Crippen molar-refractivity contribution in [1.82, 2.24) is 9.99 Å². The molecule has 9 nitrogen and oxygen atoms in total. The molecule has 0 saturated heterocycles. The molecule has 0 fully saturated rings. The molecule has 0 radical (unpaired) electrons. The Bertz CT molecular complexity index is 929. The van der Waals surface area contributed by atoms with Gasteiger partial charge in [-0.25, -0.2) is 9.99 Å². The monoisotopic (exact) mass is 381 g/mol. The van der Waals surface area contributed by atoms with Crippen LogP contribution in [0.2, 0.25) is 0 Å². The summed E-state index contributed by atoms with van der Waals surface area (Å²) < 4.78 is 0. The third-order valence-corrected chi connectivity index (χ3v) is 4.74. The number of pyridine rings is 1. The van der Waals surface area contributed by atoms with Gasteiger partial charge in [-0.15, -0.1) is 0 Å². The van der Waals surface area contributed by atoms with E-state index in [-0.39, 0.29) is 23.2 Å². The maximum atomic E-state index is 13.1. The number of hydrogen-bond donors (Lipinski definition) is 1. The standard InChI is InChI=1S/C19H19N5O4/c1-3-23-18(26)17(22-16-10-9-15(11-20-16)24(27)28)19(12-21-23,13(2)25)14-7-5-4-6-8-14/h4-12,17H,3H2,1-2H3,(H,20,22). The quantitative estimate of drug-likeness (QED) is 0.605. The molecule has 1 aromatic heterocycles. The van der Waals surface area contributed by atoms with Crippen molar-refractivity contribution in [3.05, 3.63) is 64.3 Å². The first-order chi connectivity index (χ1) is 13.4. The number of ketones is 1. The van der Waals surface area contributed by atoms with Crippen molar-refractivity contribution in [2.75, 3.05) is 11.9 Å². The van der Waals surface area contributed by atoms with Crippen LogP contribution in [0.5, 0.6) is 0 Å². The Balaban J connectivity index is 2.09. The Kier molecular flexibility index (Phi) is 5.16. The lowest BCUT2D eigenvalue weighted by atomic mass is 9.71. The first-order valence-corrected chi connectivity index (χ1v) is 8.70. The number of carbonyl (C=O) groups excluding carboxylic acids is 2. The van der Waals surface area contributed by atoms with E-state index in [0.29, 0.717) is 12.1 Å². The van der Waals surface area contributed by atoms with E-state index in [9.17, 15) is 19.7 Å². The minimum Gasteiger partial charge on any atom is -0.357 e. The van der Waals surface area contributed by atoms with E-state index in [0.717, 1.165) is 6.20 Å². The van der Waals surface area contributed by atoms with Crippen LogP contribution in [-0.4, -0.2) is 45.4 Å². The SMILES string of the molecule is CCN1N=CC(C(C)=O)(c2ccccc2)C(Nc2ccc([N+](=O)[O-])cn2)C1=O. The van der Waals surface area contributed by atoms with E-state index in [1.54, 1.807) is 31.2 Å². The van der Waals surface area contributed by atoms with Crippen LogP contribution in [0.15, 0.2) is 53.8 Å². The largest absolute Gasteiger partial charge is 0.357 e. The van der Waals surface area contributed by atoms with Gasteiger partial charge in [-0.05, 0) is 25.5 Å². The fourth-order valence-electron chi connectivity index (χ4n) is 3.23. The summed E-state index contributed by atoms with van der Waals surface area (Å²) in [6, 6.07) is 10.6. The van der Waals surface area contributed by atoms with E-state index in [4.69, 9.17) is 0 Å². The first kappa shape index (κ1) is 19.2. The molecule has 28 heavy (non-hydrogen) atoms. The number of nitrogens with zero attached hydrogens (tertiary/aromatic N) is 4. The van der Waals surface area contributed by atoms with Gasteiger partial charge in [0.2, 0.25) is 0 Å². The van der Waals surface area contributed by atoms with Crippen molar-refractivity contribution in [2.24, 2.45) is 5.10 Å². The number of benzene rings is 1. The average Bonchev–Trinajstić information content (AvgIpc) is 2.70. The lowest BCUT2D eigenvalue weighted by Crippen LogP contribution is -2.61. The predicted octanol–water partition coefficient (Wildman–Crippen LogP) is 2.15. The van der Waals surface area contributed by atoms with Gasteiger partial charge >= 0.3 is 0 Å². The van der Waals surface area contributed by atoms with Crippen molar-refractivity contribution >= 4 is 29.4 Å². The molecule has 9 heteroatoms. The number of amides is 1. The number of rotatable bonds is 6. The minimum atomic E-state index is -1.33. The predicted molar refractivity (Wildman–Crippen MR) is 103 cm³/mol. The number of anilines is 1. The summed E-state index contributed by atoms with van der Waals surface area (Å²) >= 11 is 0. The molecule has 0 aliphatic carbocycles. The summed E-state index contributed by atoms with van der Waals surface area (Å²) in [6.07, 6.45) is 2.58. The minimum absolute atomic E-state index is 0.168. The molecule has 1 aliphatic rings. The highest BCUT2D eigenvalue weighted by Crippen LogP contribution is 2.33. The maximum Gasteiger partial charge on any atom is 0.287 e. The first-order valence-electron chi connectivity index (χ1n) is 8.70. The molecule has 2 unspecified atom stereocenters. The highest BCUT2D eigenvalue weighted by Gasteiger charge is 2.51. The van der Waals surface area contributed by atoms with E-state index in [2.05, 4.69) is 15.4 Å². The van der Waals surface area contributed by atoms with Gasteiger partial charge in [0, 0.05) is 18.8 Å². The molecule has 0 saturated carbocycles. The van der Waals surface area contributed by atoms with Gasteiger partial charge < -0.3 is 5.32 Å². The van der Waals surface area contributed by atoms with Crippen LogP contribution in [0.1, 0.15) is 19.4 Å². The molecule has 1 N–H and O–H groups in total. The van der Waals surface area contributed by atoms with Crippen molar-refractivity contribution in [3.8, 4) is 0 Å². The van der Waals surface area contributed by atoms with Crippen molar-refractivity contribution in [2.45, 2.75) is 25.3 Å². The lowest BCUT2D eigenvalue weighted by molar-refractivity contribution is -0.385. The van der Waals surface area contributed by atoms with Crippen LogP contribution in [0, 0.1) is 10.1 Å². The highest BCUT2D eigenvalue weighted by molar-refractivity contribution is 6.13. The molecule has 0 spiro atoms. The van der Waals surface area contributed by atoms with E-state index < -0.39 is 16.4 Å². The Morgan fingerprint density at radius 2 is 2.00 bits per heavy atom. The van der Waals surface area contributed by atoms with Gasteiger partial charge in [0.25, 0.3) is 11.6 Å². The van der Waals surface area contributed by atoms with Crippen LogP contribution in [0.3, 0.4) is 0 Å². The van der Waals surface area contributed by atoms with Crippen LogP contribution >= 0.6 is 0 Å². The van der Waals surface area contributed by atoms with Crippen molar-refractivity contribution < 1.29 is 14.5 Å². The molecule has 0 bridgehead atoms. The normalized spacial score (nSPS) is 21.4. The molecule has 144 valence electrons. The number of carbonyl (C=O) groups is 2. The molecular weight excluding hydrogens is 362 g/mol. The van der Waals surface area contributed by atoms with Crippen LogP contribution in [0.4, 0.5) is 11.5 Å². The van der Waals surface area contributed by atoms with Gasteiger partial charge in [-0.3, -0.25) is 19.7 Å². The van der Waals surface area contributed by atoms with Gasteiger partial charge in [0.1, 0.15) is 29.3 Å². The van der Waals surface area contributed by atoms with Crippen LogP contribution < -0.4 is 5.32 Å². The smallest absolute Gasteiger partial charge is 0.287 e. The molecule has 1 aromatic carbocycles. The summed E-state index contributed by atoms with van der Waals surface area (Å²) in [5.41, 5.74) is -0.874. The number of likely N-dealkylation sites (N-methyl/N-ethyl adjacent to an activating group) is 1. The van der Waals surface area contributed by atoms with Crippen LogP contribution in [0.25, 0.3) is 0 Å². The van der Waals surface area contributed by atoms with E-state index in [1.165, 1.54) is 30.3 Å². The summed E-state index contributed by atoms with van der Waals surface area (Å²) in [7, 11) is 0. The topological polar surface area (TPSA) is 118 Å². The maximum absolute atomic E-state index is 13.1. The number of nitrogens with one attached hydrogen (secondary N) is 1. The van der Waals surface area contributed by atoms with Gasteiger partial charge in [-0.2, -0.15) is 5.10 Å². The zero-order valence-electron chi connectivity index (χ0n) is 15.4. The van der Waals surface area contributed by atoms with Crippen molar-refractivity contribution in [1.29, 1.82) is 0 Å². The Morgan fingerprint density at radius 3 is 2.54 bits per heavy atom.